The molecule has 0 aliphatic rings. The van der Waals surface area contributed by atoms with E-state index >= 15 is 0 Å². The fourth-order valence-electron chi connectivity index (χ4n) is 1.53. The molecule has 1 unspecified atom stereocenters. The first-order chi connectivity index (χ1) is 8.24. The van der Waals surface area contributed by atoms with Gasteiger partial charge in [-0.1, -0.05) is 12.1 Å². The second-order valence-electron chi connectivity index (χ2n) is 3.97. The molecule has 4 heteroatoms. The molecule has 0 amide bonds. The number of aliphatic hydroxyl groups is 1. The van der Waals surface area contributed by atoms with Crippen LogP contribution in [0.2, 0.25) is 0 Å². The van der Waals surface area contributed by atoms with Crippen molar-refractivity contribution in [2.75, 3.05) is 0 Å². The molecule has 1 aromatic carbocycles. The van der Waals surface area contributed by atoms with Gasteiger partial charge in [0.05, 0.1) is 17.3 Å². The predicted octanol–water partition coefficient (Wildman–Crippen LogP) is 2.65. The monoisotopic (exact) mass is 249 g/mol. The molecule has 0 radical (unpaired) electrons. The van der Waals surface area contributed by atoms with E-state index in [1.54, 1.807) is 23.8 Å². The smallest absolute Gasteiger partial charge is 0.131 e. The zero-order valence-corrected chi connectivity index (χ0v) is 10.5. The number of thiazole rings is 1. The van der Waals surface area contributed by atoms with Crippen LogP contribution in [0.5, 0.6) is 5.75 Å². The third kappa shape index (κ3) is 3.84. The summed E-state index contributed by atoms with van der Waals surface area (Å²) in [7, 11) is 0. The van der Waals surface area contributed by atoms with Crippen LogP contribution in [-0.4, -0.2) is 16.2 Å². The van der Waals surface area contributed by atoms with Gasteiger partial charge in [-0.15, -0.1) is 11.3 Å². The van der Waals surface area contributed by atoms with Crippen molar-refractivity contribution in [1.82, 2.24) is 4.98 Å². The van der Waals surface area contributed by atoms with Gasteiger partial charge in [-0.25, -0.2) is 4.98 Å². The zero-order chi connectivity index (χ0) is 12.1. The van der Waals surface area contributed by atoms with E-state index in [1.807, 2.05) is 29.6 Å². The van der Waals surface area contributed by atoms with E-state index < -0.39 is 0 Å². The third-order valence-electron chi connectivity index (χ3n) is 2.32. The van der Waals surface area contributed by atoms with Crippen LogP contribution >= 0.6 is 11.3 Å². The van der Waals surface area contributed by atoms with Crippen molar-refractivity contribution in [1.29, 1.82) is 0 Å². The van der Waals surface area contributed by atoms with Gasteiger partial charge in [-0.2, -0.15) is 0 Å². The number of hydrogen-bond donors (Lipinski definition) is 1. The maximum Gasteiger partial charge on any atom is 0.131 e. The largest absolute Gasteiger partial charge is 0.487 e. The number of aromatic nitrogens is 1. The lowest BCUT2D eigenvalue weighted by atomic mass is 10.1. The Morgan fingerprint density at radius 3 is 2.71 bits per heavy atom. The maximum atomic E-state index is 9.27. The van der Waals surface area contributed by atoms with Crippen molar-refractivity contribution in [3.8, 4) is 5.75 Å². The van der Waals surface area contributed by atoms with Gasteiger partial charge in [-0.3, -0.25) is 0 Å². The molecular weight excluding hydrogens is 234 g/mol. The van der Waals surface area contributed by atoms with Gasteiger partial charge < -0.3 is 9.84 Å². The molecule has 0 bridgehead atoms. The highest BCUT2D eigenvalue weighted by atomic mass is 32.1. The summed E-state index contributed by atoms with van der Waals surface area (Å²) in [5.41, 5.74) is 3.86. The Bertz CT molecular complexity index is 437. The SMILES string of the molecule is CC(O)Cc1ccc(OCc2cscn2)cc1. The van der Waals surface area contributed by atoms with E-state index in [2.05, 4.69) is 4.98 Å². The van der Waals surface area contributed by atoms with Gasteiger partial charge in [0.25, 0.3) is 0 Å². The number of rotatable bonds is 5. The predicted molar refractivity (Wildman–Crippen MR) is 68.3 cm³/mol. The Kier molecular flexibility index (Phi) is 4.12. The molecular formula is C13H15NO2S. The van der Waals surface area contributed by atoms with Crippen LogP contribution in [0.1, 0.15) is 18.2 Å². The quantitative estimate of drug-likeness (QED) is 0.885. The van der Waals surface area contributed by atoms with Crippen molar-refractivity contribution in [2.24, 2.45) is 0 Å². The topological polar surface area (TPSA) is 42.4 Å². The fraction of sp³-hybridized carbons (Fsp3) is 0.308. The molecule has 17 heavy (non-hydrogen) atoms. The number of nitrogens with zero attached hydrogens (tertiary/aromatic N) is 1. The normalized spacial score (nSPS) is 12.4. The van der Waals surface area contributed by atoms with E-state index in [9.17, 15) is 5.11 Å². The van der Waals surface area contributed by atoms with E-state index in [0.717, 1.165) is 17.0 Å². The van der Waals surface area contributed by atoms with Gasteiger partial charge in [0.15, 0.2) is 0 Å². The highest BCUT2D eigenvalue weighted by molar-refractivity contribution is 7.07. The van der Waals surface area contributed by atoms with Gasteiger partial charge in [0.1, 0.15) is 12.4 Å². The number of ether oxygens (including phenoxy) is 1. The number of benzene rings is 1. The minimum Gasteiger partial charge on any atom is -0.487 e. The second kappa shape index (κ2) is 5.80. The van der Waals surface area contributed by atoms with Crippen LogP contribution in [0.3, 0.4) is 0 Å². The fourth-order valence-corrected chi connectivity index (χ4v) is 2.07. The van der Waals surface area contributed by atoms with E-state index in [1.165, 1.54) is 0 Å². The van der Waals surface area contributed by atoms with Crippen LogP contribution in [0.25, 0.3) is 0 Å². The third-order valence-corrected chi connectivity index (χ3v) is 2.96. The summed E-state index contributed by atoms with van der Waals surface area (Å²) in [6, 6.07) is 7.79. The van der Waals surface area contributed by atoms with Crippen molar-refractivity contribution in [3.05, 3.63) is 46.4 Å². The molecule has 1 heterocycles. The summed E-state index contributed by atoms with van der Waals surface area (Å²) in [6.07, 6.45) is 0.364. The first-order valence-electron chi connectivity index (χ1n) is 5.51. The molecule has 0 aliphatic heterocycles. The summed E-state index contributed by atoms with van der Waals surface area (Å²) < 4.78 is 5.59. The highest BCUT2D eigenvalue weighted by Gasteiger charge is 2.00. The first-order valence-corrected chi connectivity index (χ1v) is 6.45. The highest BCUT2D eigenvalue weighted by Crippen LogP contribution is 2.15. The van der Waals surface area contributed by atoms with Crippen molar-refractivity contribution < 1.29 is 9.84 Å². The van der Waals surface area contributed by atoms with Crippen LogP contribution in [0.4, 0.5) is 0 Å². The number of aliphatic hydroxyl groups excluding tert-OH is 1. The molecule has 0 saturated heterocycles. The molecule has 0 fully saturated rings. The molecule has 90 valence electrons. The Hall–Kier alpha value is -1.39. The molecule has 0 saturated carbocycles. The Balaban J connectivity index is 1.89. The Morgan fingerprint density at radius 2 is 2.12 bits per heavy atom. The van der Waals surface area contributed by atoms with Gasteiger partial charge in [0.2, 0.25) is 0 Å². The van der Waals surface area contributed by atoms with Crippen LogP contribution in [0, 0.1) is 0 Å². The molecule has 3 nitrogen and oxygen atoms in total. The lowest BCUT2D eigenvalue weighted by Crippen LogP contribution is -2.03. The summed E-state index contributed by atoms with van der Waals surface area (Å²) in [6.45, 7) is 2.28. The Morgan fingerprint density at radius 1 is 1.35 bits per heavy atom. The summed E-state index contributed by atoms with van der Waals surface area (Å²) >= 11 is 1.57. The van der Waals surface area contributed by atoms with Crippen molar-refractivity contribution in [2.45, 2.75) is 26.1 Å². The van der Waals surface area contributed by atoms with Crippen LogP contribution in [-0.2, 0) is 13.0 Å². The minimum absolute atomic E-state index is 0.309. The van der Waals surface area contributed by atoms with E-state index in [0.29, 0.717) is 13.0 Å². The van der Waals surface area contributed by atoms with E-state index in [4.69, 9.17) is 4.74 Å². The molecule has 1 N–H and O–H groups in total. The Labute approximate surface area is 105 Å². The summed E-state index contributed by atoms with van der Waals surface area (Å²) in [4.78, 5) is 4.15. The van der Waals surface area contributed by atoms with Crippen molar-refractivity contribution >= 4 is 11.3 Å². The first kappa shape index (κ1) is 12.1. The minimum atomic E-state index is -0.309. The average molecular weight is 249 g/mol. The van der Waals surface area contributed by atoms with Gasteiger partial charge >= 0.3 is 0 Å². The molecule has 2 rings (SSSR count). The maximum absolute atomic E-state index is 9.27. The van der Waals surface area contributed by atoms with Crippen molar-refractivity contribution in [3.63, 3.8) is 0 Å². The van der Waals surface area contributed by atoms with Crippen LogP contribution in [0.15, 0.2) is 35.2 Å². The lowest BCUT2D eigenvalue weighted by Gasteiger charge is -2.07. The van der Waals surface area contributed by atoms with Crippen LogP contribution < -0.4 is 4.74 Å². The van der Waals surface area contributed by atoms with Gasteiger partial charge in [-0.05, 0) is 31.0 Å². The molecule has 0 aliphatic carbocycles. The summed E-state index contributed by atoms with van der Waals surface area (Å²) in [5, 5.41) is 11.2. The zero-order valence-electron chi connectivity index (χ0n) is 9.67. The molecule has 0 spiro atoms. The molecule has 1 aromatic heterocycles. The standard InChI is InChI=1S/C13H15NO2S/c1-10(15)6-11-2-4-13(5-3-11)16-7-12-8-17-9-14-12/h2-5,8-10,15H,6-7H2,1H3. The molecule has 1 atom stereocenters. The van der Waals surface area contributed by atoms with E-state index in [-0.39, 0.29) is 6.10 Å². The second-order valence-corrected chi connectivity index (χ2v) is 4.68. The number of hydrogen-bond acceptors (Lipinski definition) is 4. The summed E-state index contributed by atoms with van der Waals surface area (Å²) in [5.74, 6) is 0.826. The molecule has 2 aromatic rings. The average Bonchev–Trinajstić information content (AvgIpc) is 2.80. The van der Waals surface area contributed by atoms with Gasteiger partial charge in [0, 0.05) is 5.38 Å². The lowest BCUT2D eigenvalue weighted by molar-refractivity contribution is 0.195.